The first-order valence-corrected chi connectivity index (χ1v) is 7.69. The van der Waals surface area contributed by atoms with Crippen molar-refractivity contribution < 1.29 is 4.79 Å². The molecule has 1 rings (SSSR count). The molecular formula is C16H28N4O. The second-order valence-corrected chi connectivity index (χ2v) is 5.64. The van der Waals surface area contributed by atoms with Crippen molar-refractivity contribution in [2.45, 2.75) is 46.7 Å². The zero-order chi connectivity index (χ0) is 15.8. The molecule has 0 fully saturated rings. The summed E-state index contributed by atoms with van der Waals surface area (Å²) in [6.45, 7) is 13.0. The fourth-order valence-electron chi connectivity index (χ4n) is 2.34. The van der Waals surface area contributed by atoms with Crippen LogP contribution in [-0.4, -0.2) is 47.5 Å². The van der Waals surface area contributed by atoms with E-state index in [0.717, 1.165) is 18.8 Å². The van der Waals surface area contributed by atoms with Gasteiger partial charge in [-0.15, -0.1) is 0 Å². The number of hydrogen-bond acceptors (Lipinski definition) is 4. The summed E-state index contributed by atoms with van der Waals surface area (Å²) in [6.07, 6.45) is 1.69. The molecule has 118 valence electrons. The van der Waals surface area contributed by atoms with Gasteiger partial charge in [-0.25, -0.2) is 4.98 Å². The molecule has 2 N–H and O–H groups in total. The molecule has 1 aromatic rings. The van der Waals surface area contributed by atoms with E-state index in [1.807, 2.05) is 13.0 Å². The highest BCUT2D eigenvalue weighted by Gasteiger charge is 2.13. The quantitative estimate of drug-likeness (QED) is 0.772. The van der Waals surface area contributed by atoms with E-state index in [1.54, 1.807) is 12.3 Å². The molecule has 0 aliphatic rings. The Bertz CT molecular complexity index is 420. The highest BCUT2D eigenvalue weighted by Crippen LogP contribution is 2.06. The van der Waals surface area contributed by atoms with Gasteiger partial charge in [-0.2, -0.15) is 0 Å². The fourth-order valence-corrected chi connectivity index (χ4v) is 2.34. The van der Waals surface area contributed by atoms with E-state index in [1.165, 1.54) is 0 Å². The summed E-state index contributed by atoms with van der Waals surface area (Å²) in [5.74, 6) is -0.120. The molecular weight excluding hydrogens is 264 g/mol. The highest BCUT2D eigenvalue weighted by atomic mass is 16.1. The lowest BCUT2D eigenvalue weighted by Gasteiger charge is -2.30. The minimum Gasteiger partial charge on any atom is -0.384 e. The van der Waals surface area contributed by atoms with E-state index >= 15 is 0 Å². The molecule has 5 heteroatoms. The van der Waals surface area contributed by atoms with Crippen molar-refractivity contribution in [1.29, 1.82) is 0 Å². The predicted molar refractivity (Wildman–Crippen MR) is 87.7 cm³/mol. The van der Waals surface area contributed by atoms with Crippen LogP contribution in [0, 0.1) is 0 Å². The number of pyridine rings is 1. The van der Waals surface area contributed by atoms with Gasteiger partial charge in [0.1, 0.15) is 5.69 Å². The summed E-state index contributed by atoms with van der Waals surface area (Å²) < 4.78 is 0. The predicted octanol–water partition coefficient (Wildman–Crippen LogP) is 2.36. The zero-order valence-electron chi connectivity index (χ0n) is 13.8. The second-order valence-electron chi connectivity index (χ2n) is 5.64. The molecule has 0 unspecified atom stereocenters. The van der Waals surface area contributed by atoms with Gasteiger partial charge in [0.25, 0.3) is 5.91 Å². The normalized spacial score (nSPS) is 11.2. The van der Waals surface area contributed by atoms with Crippen molar-refractivity contribution in [3.05, 3.63) is 24.0 Å². The van der Waals surface area contributed by atoms with Gasteiger partial charge in [0.2, 0.25) is 0 Å². The molecule has 0 saturated carbocycles. The van der Waals surface area contributed by atoms with E-state index in [2.05, 4.69) is 48.2 Å². The first-order chi connectivity index (χ1) is 9.95. The van der Waals surface area contributed by atoms with Crippen LogP contribution in [-0.2, 0) is 0 Å². The molecule has 0 spiro atoms. The number of carbonyl (C=O) groups is 1. The van der Waals surface area contributed by atoms with Crippen molar-refractivity contribution in [3.63, 3.8) is 0 Å². The lowest BCUT2D eigenvalue weighted by molar-refractivity contribution is 0.0934. The molecule has 0 atom stereocenters. The molecule has 1 amide bonds. The first kappa shape index (κ1) is 17.4. The summed E-state index contributed by atoms with van der Waals surface area (Å²) in [6, 6.07) is 4.56. The Hall–Kier alpha value is -1.62. The average Bonchev–Trinajstić information content (AvgIpc) is 2.43. The molecule has 0 bridgehead atoms. The Morgan fingerprint density at radius 1 is 1.24 bits per heavy atom. The van der Waals surface area contributed by atoms with Crippen molar-refractivity contribution in [2.24, 2.45) is 0 Å². The molecule has 0 aromatic carbocycles. The van der Waals surface area contributed by atoms with Crippen molar-refractivity contribution >= 4 is 11.6 Å². The van der Waals surface area contributed by atoms with Gasteiger partial charge in [-0.3, -0.25) is 9.69 Å². The molecule has 1 aromatic heterocycles. The number of anilines is 1. The second kappa shape index (κ2) is 8.62. The van der Waals surface area contributed by atoms with Gasteiger partial charge in [0.05, 0.1) is 11.9 Å². The maximum Gasteiger partial charge on any atom is 0.269 e. The molecule has 0 aliphatic carbocycles. The number of rotatable bonds is 8. The summed E-state index contributed by atoms with van der Waals surface area (Å²) in [4.78, 5) is 18.5. The van der Waals surface area contributed by atoms with E-state index in [0.29, 0.717) is 24.3 Å². The first-order valence-electron chi connectivity index (χ1n) is 7.69. The van der Waals surface area contributed by atoms with Crippen LogP contribution in [0.2, 0.25) is 0 Å². The van der Waals surface area contributed by atoms with Crippen LogP contribution >= 0.6 is 0 Å². The van der Waals surface area contributed by atoms with Gasteiger partial charge >= 0.3 is 0 Å². The topological polar surface area (TPSA) is 57.3 Å². The van der Waals surface area contributed by atoms with Crippen LogP contribution < -0.4 is 10.6 Å². The molecule has 0 saturated heterocycles. The SMILES string of the molecule is CCNc1ccc(C(=O)NCCN(C(C)C)C(C)C)nc1. The number of amides is 1. The molecule has 0 radical (unpaired) electrons. The fraction of sp³-hybridized carbons (Fsp3) is 0.625. The maximum absolute atomic E-state index is 12.0. The third-order valence-electron chi connectivity index (χ3n) is 3.36. The largest absolute Gasteiger partial charge is 0.384 e. The van der Waals surface area contributed by atoms with Crippen LogP contribution in [0.1, 0.15) is 45.1 Å². The Balaban J connectivity index is 2.46. The van der Waals surface area contributed by atoms with Crippen LogP contribution in [0.5, 0.6) is 0 Å². The third kappa shape index (κ3) is 5.71. The third-order valence-corrected chi connectivity index (χ3v) is 3.36. The van der Waals surface area contributed by atoms with Gasteiger partial charge in [-0.05, 0) is 46.8 Å². The zero-order valence-corrected chi connectivity index (χ0v) is 13.8. The van der Waals surface area contributed by atoms with E-state index in [-0.39, 0.29) is 5.91 Å². The summed E-state index contributed by atoms with van der Waals surface area (Å²) in [5.41, 5.74) is 1.39. The van der Waals surface area contributed by atoms with Crippen molar-refractivity contribution in [3.8, 4) is 0 Å². The average molecular weight is 292 g/mol. The number of nitrogens with one attached hydrogen (secondary N) is 2. The maximum atomic E-state index is 12.0. The van der Waals surface area contributed by atoms with Crippen molar-refractivity contribution in [2.75, 3.05) is 25.0 Å². The molecule has 5 nitrogen and oxygen atoms in total. The number of nitrogens with zero attached hydrogens (tertiary/aromatic N) is 2. The molecule has 0 aliphatic heterocycles. The number of aromatic nitrogens is 1. The monoisotopic (exact) mass is 292 g/mol. The van der Waals surface area contributed by atoms with Gasteiger partial charge in [0, 0.05) is 31.7 Å². The Morgan fingerprint density at radius 2 is 1.90 bits per heavy atom. The highest BCUT2D eigenvalue weighted by molar-refractivity contribution is 5.92. The lowest BCUT2D eigenvalue weighted by Crippen LogP contribution is -2.42. The van der Waals surface area contributed by atoms with Crippen LogP contribution in [0.4, 0.5) is 5.69 Å². The van der Waals surface area contributed by atoms with E-state index < -0.39 is 0 Å². The smallest absolute Gasteiger partial charge is 0.269 e. The van der Waals surface area contributed by atoms with Crippen LogP contribution in [0.3, 0.4) is 0 Å². The summed E-state index contributed by atoms with van der Waals surface area (Å²) in [5, 5.41) is 6.08. The van der Waals surface area contributed by atoms with Crippen LogP contribution in [0.25, 0.3) is 0 Å². The Kier molecular flexibility index (Phi) is 7.15. The standard InChI is InChI=1S/C16H28N4O/c1-6-17-14-7-8-15(19-11-14)16(21)18-9-10-20(12(2)3)13(4)5/h7-8,11-13,17H,6,9-10H2,1-5H3,(H,18,21). The Labute approximate surface area is 128 Å². The van der Waals surface area contributed by atoms with Gasteiger partial charge in [0.15, 0.2) is 0 Å². The molecule has 1 heterocycles. The molecule has 21 heavy (non-hydrogen) atoms. The summed E-state index contributed by atoms with van der Waals surface area (Å²) in [7, 11) is 0. The number of carbonyl (C=O) groups excluding carboxylic acids is 1. The Morgan fingerprint density at radius 3 is 2.38 bits per heavy atom. The van der Waals surface area contributed by atoms with Crippen LogP contribution in [0.15, 0.2) is 18.3 Å². The minimum atomic E-state index is -0.120. The van der Waals surface area contributed by atoms with Crippen molar-refractivity contribution in [1.82, 2.24) is 15.2 Å². The van der Waals surface area contributed by atoms with E-state index in [4.69, 9.17) is 0 Å². The van der Waals surface area contributed by atoms with Gasteiger partial charge in [-0.1, -0.05) is 0 Å². The summed E-state index contributed by atoms with van der Waals surface area (Å²) >= 11 is 0. The minimum absolute atomic E-state index is 0.120. The van der Waals surface area contributed by atoms with E-state index in [9.17, 15) is 4.79 Å². The number of hydrogen-bond donors (Lipinski definition) is 2. The lowest BCUT2D eigenvalue weighted by atomic mass is 10.2. The van der Waals surface area contributed by atoms with Gasteiger partial charge < -0.3 is 10.6 Å².